The largest absolute Gasteiger partial charge is 0.481 e. The zero-order valence-corrected chi connectivity index (χ0v) is 10.8. The fraction of sp³-hybridized carbons (Fsp3) is 0.429. The fourth-order valence-corrected chi connectivity index (χ4v) is 1.97. The highest BCUT2D eigenvalue weighted by Gasteiger charge is 2.34. The SMILES string of the molecule is CC1CC1NC(=O)NCC(C(=O)O)c1ccccc1. The summed E-state index contributed by atoms with van der Waals surface area (Å²) >= 11 is 0. The second-order valence-electron chi connectivity index (χ2n) is 4.98. The van der Waals surface area contributed by atoms with E-state index in [0.29, 0.717) is 11.5 Å². The lowest BCUT2D eigenvalue weighted by Gasteiger charge is -2.14. The lowest BCUT2D eigenvalue weighted by Crippen LogP contribution is -2.40. The Labute approximate surface area is 112 Å². The molecule has 2 amide bonds. The van der Waals surface area contributed by atoms with Crippen LogP contribution < -0.4 is 10.6 Å². The highest BCUT2D eigenvalue weighted by Crippen LogP contribution is 2.28. The molecule has 1 aromatic carbocycles. The molecule has 1 aliphatic rings. The summed E-state index contributed by atoms with van der Waals surface area (Å²) in [5, 5.41) is 14.6. The van der Waals surface area contributed by atoms with E-state index < -0.39 is 11.9 Å². The summed E-state index contributed by atoms with van der Waals surface area (Å²) in [6.45, 7) is 2.15. The van der Waals surface area contributed by atoms with Crippen LogP contribution in [0.4, 0.5) is 4.79 Å². The van der Waals surface area contributed by atoms with E-state index in [1.807, 2.05) is 6.07 Å². The second-order valence-corrected chi connectivity index (χ2v) is 4.98. The molecule has 1 saturated carbocycles. The van der Waals surface area contributed by atoms with Crippen LogP contribution in [0, 0.1) is 5.92 Å². The Kier molecular flexibility index (Phi) is 4.04. The van der Waals surface area contributed by atoms with Crippen molar-refractivity contribution in [2.24, 2.45) is 5.92 Å². The second kappa shape index (κ2) is 5.73. The summed E-state index contributed by atoms with van der Waals surface area (Å²) in [5.41, 5.74) is 0.690. The van der Waals surface area contributed by atoms with Gasteiger partial charge in [0.05, 0.1) is 5.92 Å². The normalized spacial score (nSPS) is 22.4. The summed E-state index contributed by atoms with van der Waals surface area (Å²) < 4.78 is 0. The molecule has 1 aromatic rings. The van der Waals surface area contributed by atoms with Gasteiger partial charge in [0, 0.05) is 12.6 Å². The monoisotopic (exact) mass is 262 g/mol. The molecule has 5 heteroatoms. The summed E-state index contributed by atoms with van der Waals surface area (Å²) in [7, 11) is 0. The number of nitrogens with one attached hydrogen (secondary N) is 2. The summed E-state index contributed by atoms with van der Waals surface area (Å²) in [4.78, 5) is 22.8. The van der Waals surface area contributed by atoms with E-state index in [4.69, 9.17) is 0 Å². The summed E-state index contributed by atoms with van der Waals surface area (Å²) in [6, 6.07) is 8.85. The van der Waals surface area contributed by atoms with Gasteiger partial charge in [0.1, 0.15) is 0 Å². The molecule has 0 saturated heterocycles. The van der Waals surface area contributed by atoms with Crippen LogP contribution in [0.5, 0.6) is 0 Å². The maximum Gasteiger partial charge on any atom is 0.315 e. The average molecular weight is 262 g/mol. The lowest BCUT2D eigenvalue weighted by molar-refractivity contribution is -0.138. The number of rotatable bonds is 5. The standard InChI is InChI=1S/C14H18N2O3/c1-9-7-12(9)16-14(19)15-8-11(13(17)18)10-5-3-2-4-6-10/h2-6,9,11-12H,7-8H2,1H3,(H,17,18)(H2,15,16,19). The number of benzene rings is 1. The van der Waals surface area contributed by atoms with E-state index in [9.17, 15) is 14.7 Å². The molecule has 1 aliphatic carbocycles. The van der Waals surface area contributed by atoms with Crippen LogP contribution in [0.2, 0.25) is 0 Å². The molecular formula is C14H18N2O3. The number of amides is 2. The Morgan fingerprint density at radius 3 is 2.53 bits per heavy atom. The minimum Gasteiger partial charge on any atom is -0.481 e. The number of carbonyl (C=O) groups is 2. The maximum absolute atomic E-state index is 11.6. The number of hydrogen-bond donors (Lipinski definition) is 3. The molecule has 102 valence electrons. The Morgan fingerprint density at radius 1 is 1.37 bits per heavy atom. The van der Waals surface area contributed by atoms with Crippen molar-refractivity contribution >= 4 is 12.0 Å². The van der Waals surface area contributed by atoms with Crippen LogP contribution in [0.1, 0.15) is 24.8 Å². The van der Waals surface area contributed by atoms with Crippen LogP contribution >= 0.6 is 0 Å². The van der Waals surface area contributed by atoms with Crippen LogP contribution in [-0.4, -0.2) is 29.7 Å². The van der Waals surface area contributed by atoms with Crippen molar-refractivity contribution in [1.82, 2.24) is 10.6 Å². The molecule has 3 unspecified atom stereocenters. The van der Waals surface area contributed by atoms with E-state index in [1.54, 1.807) is 24.3 Å². The van der Waals surface area contributed by atoms with Crippen LogP contribution in [-0.2, 0) is 4.79 Å². The van der Waals surface area contributed by atoms with Crippen molar-refractivity contribution in [3.8, 4) is 0 Å². The molecule has 2 rings (SSSR count). The Balaban J connectivity index is 1.87. The number of carboxylic acid groups (broad SMARTS) is 1. The highest BCUT2D eigenvalue weighted by molar-refractivity contribution is 5.79. The van der Waals surface area contributed by atoms with Gasteiger partial charge in [0.15, 0.2) is 0 Å². The first-order chi connectivity index (χ1) is 9.08. The average Bonchev–Trinajstić information content (AvgIpc) is 3.06. The minimum atomic E-state index is -0.939. The quantitative estimate of drug-likeness (QED) is 0.753. The molecule has 0 heterocycles. The van der Waals surface area contributed by atoms with Gasteiger partial charge in [-0.2, -0.15) is 0 Å². The molecule has 0 radical (unpaired) electrons. The lowest BCUT2D eigenvalue weighted by atomic mass is 9.99. The van der Waals surface area contributed by atoms with Crippen molar-refractivity contribution < 1.29 is 14.7 Å². The van der Waals surface area contributed by atoms with Gasteiger partial charge in [-0.3, -0.25) is 4.79 Å². The first kappa shape index (κ1) is 13.4. The summed E-state index contributed by atoms with van der Waals surface area (Å²) in [6.07, 6.45) is 0.995. The minimum absolute atomic E-state index is 0.0896. The van der Waals surface area contributed by atoms with Crippen molar-refractivity contribution in [3.05, 3.63) is 35.9 Å². The van der Waals surface area contributed by atoms with Gasteiger partial charge in [0.25, 0.3) is 0 Å². The van der Waals surface area contributed by atoms with Gasteiger partial charge in [-0.05, 0) is 17.9 Å². The first-order valence-electron chi connectivity index (χ1n) is 6.40. The third kappa shape index (κ3) is 3.71. The van der Waals surface area contributed by atoms with Gasteiger partial charge in [0.2, 0.25) is 0 Å². The van der Waals surface area contributed by atoms with Crippen LogP contribution in [0.25, 0.3) is 0 Å². The van der Waals surface area contributed by atoms with E-state index in [0.717, 1.165) is 6.42 Å². The molecule has 19 heavy (non-hydrogen) atoms. The van der Waals surface area contributed by atoms with Gasteiger partial charge in [-0.1, -0.05) is 37.3 Å². The first-order valence-corrected chi connectivity index (χ1v) is 6.40. The predicted octanol–water partition coefficient (Wildman–Crippen LogP) is 1.56. The Morgan fingerprint density at radius 2 is 2.00 bits per heavy atom. The zero-order chi connectivity index (χ0) is 13.8. The zero-order valence-electron chi connectivity index (χ0n) is 10.8. The van der Waals surface area contributed by atoms with Gasteiger partial charge in [-0.15, -0.1) is 0 Å². The highest BCUT2D eigenvalue weighted by atomic mass is 16.4. The summed E-state index contributed by atoms with van der Waals surface area (Å²) in [5.74, 6) is -1.13. The van der Waals surface area contributed by atoms with Crippen molar-refractivity contribution in [3.63, 3.8) is 0 Å². The smallest absolute Gasteiger partial charge is 0.315 e. The predicted molar refractivity (Wildman–Crippen MR) is 70.9 cm³/mol. The van der Waals surface area contributed by atoms with Gasteiger partial charge in [-0.25, -0.2) is 4.79 Å². The van der Waals surface area contributed by atoms with Crippen molar-refractivity contribution in [1.29, 1.82) is 0 Å². The van der Waals surface area contributed by atoms with Crippen molar-refractivity contribution in [2.75, 3.05) is 6.54 Å². The molecule has 0 bridgehead atoms. The Bertz CT molecular complexity index is 461. The molecule has 3 atom stereocenters. The fourth-order valence-electron chi connectivity index (χ4n) is 1.97. The molecule has 0 aromatic heterocycles. The molecule has 0 spiro atoms. The third-order valence-corrected chi connectivity index (χ3v) is 3.39. The number of urea groups is 1. The van der Waals surface area contributed by atoms with Crippen molar-refractivity contribution in [2.45, 2.75) is 25.3 Å². The molecule has 5 nitrogen and oxygen atoms in total. The van der Waals surface area contributed by atoms with E-state index in [-0.39, 0.29) is 18.6 Å². The third-order valence-electron chi connectivity index (χ3n) is 3.39. The molecule has 3 N–H and O–H groups in total. The molecule has 1 fully saturated rings. The molecule has 0 aliphatic heterocycles. The molecular weight excluding hydrogens is 244 g/mol. The topological polar surface area (TPSA) is 78.4 Å². The van der Waals surface area contributed by atoms with E-state index in [1.165, 1.54) is 0 Å². The number of carbonyl (C=O) groups excluding carboxylic acids is 1. The van der Waals surface area contributed by atoms with Gasteiger partial charge < -0.3 is 15.7 Å². The Hall–Kier alpha value is -2.04. The van der Waals surface area contributed by atoms with Crippen LogP contribution in [0.3, 0.4) is 0 Å². The number of aliphatic carboxylic acids is 1. The number of hydrogen-bond acceptors (Lipinski definition) is 2. The van der Waals surface area contributed by atoms with E-state index >= 15 is 0 Å². The van der Waals surface area contributed by atoms with Gasteiger partial charge >= 0.3 is 12.0 Å². The van der Waals surface area contributed by atoms with Crippen LogP contribution in [0.15, 0.2) is 30.3 Å². The number of carboxylic acids is 1. The van der Waals surface area contributed by atoms with E-state index in [2.05, 4.69) is 17.6 Å². The maximum atomic E-state index is 11.6.